The summed E-state index contributed by atoms with van der Waals surface area (Å²) in [5.41, 5.74) is 0. The Morgan fingerprint density at radius 2 is 2.44 bits per heavy atom. The molecule has 1 aliphatic rings. The molecule has 0 bridgehead atoms. The number of amides is 1. The lowest BCUT2D eigenvalue weighted by Crippen LogP contribution is -2.26. The minimum Gasteiger partial charge on any atom is -0.346 e. The third kappa shape index (κ3) is 2.81. The van der Waals surface area contributed by atoms with Crippen molar-refractivity contribution < 1.29 is 9.32 Å². The van der Waals surface area contributed by atoms with E-state index in [0.29, 0.717) is 19.0 Å². The van der Waals surface area contributed by atoms with E-state index in [1.54, 1.807) is 0 Å². The second-order valence-corrected chi connectivity index (χ2v) is 3.57. The Balaban J connectivity index is 1.85. The minimum absolute atomic E-state index is 0.0735. The van der Waals surface area contributed by atoms with Crippen LogP contribution < -0.4 is 10.6 Å². The highest BCUT2D eigenvalue weighted by Gasteiger charge is 2.25. The average molecular weight is 220 g/mol. The molecule has 16 heavy (non-hydrogen) atoms. The van der Waals surface area contributed by atoms with E-state index in [4.69, 9.17) is 10.9 Å². The summed E-state index contributed by atoms with van der Waals surface area (Å²) in [6.07, 6.45) is 7.12. The number of carbonyl (C=O) groups excluding carboxylic acids is 1. The molecule has 1 saturated carbocycles. The van der Waals surface area contributed by atoms with E-state index >= 15 is 0 Å². The van der Waals surface area contributed by atoms with E-state index < -0.39 is 0 Å². The highest BCUT2D eigenvalue weighted by atomic mass is 16.5. The maximum atomic E-state index is 11.5. The molecule has 0 saturated heterocycles. The first-order valence-electron chi connectivity index (χ1n) is 5.07. The molecular formula is C10H12N4O2. The van der Waals surface area contributed by atoms with Crippen molar-refractivity contribution in [3.8, 4) is 12.3 Å². The molecule has 0 radical (unpaired) electrons. The van der Waals surface area contributed by atoms with Gasteiger partial charge in [-0.05, 0) is 12.8 Å². The molecule has 0 unspecified atom stereocenters. The van der Waals surface area contributed by atoms with Crippen LogP contribution in [0.25, 0.3) is 0 Å². The number of hydrogen-bond donors (Lipinski definition) is 2. The summed E-state index contributed by atoms with van der Waals surface area (Å²) in [5, 5.41) is 9.25. The smallest absolute Gasteiger partial charge is 0.292 e. The zero-order valence-electron chi connectivity index (χ0n) is 8.69. The number of nitrogens with zero attached hydrogens (tertiary/aromatic N) is 2. The van der Waals surface area contributed by atoms with Crippen molar-refractivity contribution >= 4 is 5.91 Å². The molecule has 0 atom stereocenters. The van der Waals surface area contributed by atoms with Gasteiger partial charge >= 0.3 is 0 Å². The van der Waals surface area contributed by atoms with Gasteiger partial charge in [-0.25, -0.2) is 0 Å². The van der Waals surface area contributed by atoms with Gasteiger partial charge in [-0.1, -0.05) is 11.1 Å². The standard InChI is InChI=1S/C10H12N4O2/c1-2-5-11-6-8-13-9(14-16-8)10(15)12-7-3-4-7/h1,7,11H,3-6H2,(H,12,15). The highest BCUT2D eigenvalue weighted by molar-refractivity contribution is 5.90. The van der Waals surface area contributed by atoms with Crippen molar-refractivity contribution in [2.45, 2.75) is 25.4 Å². The predicted octanol–water partition coefficient (Wildman–Crippen LogP) is -0.315. The minimum atomic E-state index is -0.283. The summed E-state index contributed by atoms with van der Waals surface area (Å²) in [7, 11) is 0. The molecule has 1 aromatic rings. The SMILES string of the molecule is C#CCNCc1nc(C(=O)NC2CC2)no1. The van der Waals surface area contributed by atoms with Gasteiger partial charge in [0.1, 0.15) is 0 Å². The summed E-state index contributed by atoms with van der Waals surface area (Å²) in [6.45, 7) is 0.792. The van der Waals surface area contributed by atoms with Crippen molar-refractivity contribution in [1.82, 2.24) is 20.8 Å². The normalized spacial score (nSPS) is 14.4. The van der Waals surface area contributed by atoms with Crippen LogP contribution in [-0.4, -0.2) is 28.6 Å². The third-order valence-electron chi connectivity index (χ3n) is 2.09. The van der Waals surface area contributed by atoms with E-state index in [2.05, 4.69) is 26.7 Å². The van der Waals surface area contributed by atoms with Gasteiger partial charge in [-0.3, -0.25) is 10.1 Å². The van der Waals surface area contributed by atoms with Crippen LogP contribution in [0, 0.1) is 12.3 Å². The summed E-state index contributed by atoms with van der Waals surface area (Å²) < 4.78 is 4.88. The van der Waals surface area contributed by atoms with Crippen molar-refractivity contribution in [3.63, 3.8) is 0 Å². The van der Waals surface area contributed by atoms with Gasteiger partial charge in [0, 0.05) is 6.04 Å². The first kappa shape index (κ1) is 10.6. The number of carbonyl (C=O) groups is 1. The van der Waals surface area contributed by atoms with Crippen LogP contribution in [-0.2, 0) is 6.54 Å². The molecule has 6 nitrogen and oxygen atoms in total. The van der Waals surface area contributed by atoms with Crippen molar-refractivity contribution in [3.05, 3.63) is 11.7 Å². The van der Waals surface area contributed by atoms with Gasteiger partial charge in [0.2, 0.25) is 5.89 Å². The van der Waals surface area contributed by atoms with Crippen molar-refractivity contribution in [1.29, 1.82) is 0 Å². The molecule has 1 heterocycles. The number of rotatable bonds is 5. The molecule has 1 amide bonds. The zero-order valence-corrected chi connectivity index (χ0v) is 8.69. The Bertz CT molecular complexity index is 417. The Morgan fingerprint density at radius 1 is 1.62 bits per heavy atom. The van der Waals surface area contributed by atoms with Gasteiger partial charge < -0.3 is 9.84 Å². The van der Waals surface area contributed by atoms with Crippen LogP contribution in [0.3, 0.4) is 0 Å². The van der Waals surface area contributed by atoms with Crippen LogP contribution >= 0.6 is 0 Å². The zero-order chi connectivity index (χ0) is 11.4. The second-order valence-electron chi connectivity index (χ2n) is 3.57. The van der Waals surface area contributed by atoms with E-state index in [1.165, 1.54) is 0 Å². The van der Waals surface area contributed by atoms with E-state index in [0.717, 1.165) is 12.8 Å². The van der Waals surface area contributed by atoms with Gasteiger partial charge in [0.05, 0.1) is 13.1 Å². The fourth-order valence-corrected chi connectivity index (χ4v) is 1.14. The molecule has 1 aromatic heterocycles. The van der Waals surface area contributed by atoms with E-state index in [-0.39, 0.29) is 17.8 Å². The first-order valence-corrected chi connectivity index (χ1v) is 5.07. The molecule has 6 heteroatoms. The Labute approximate surface area is 92.8 Å². The fraction of sp³-hybridized carbons (Fsp3) is 0.500. The summed E-state index contributed by atoms with van der Waals surface area (Å²) in [5.74, 6) is 2.57. The van der Waals surface area contributed by atoms with Crippen LogP contribution in [0.15, 0.2) is 4.52 Å². The average Bonchev–Trinajstić information content (AvgIpc) is 2.95. The van der Waals surface area contributed by atoms with Crippen molar-refractivity contribution in [2.24, 2.45) is 0 Å². The molecule has 0 aliphatic heterocycles. The molecular weight excluding hydrogens is 208 g/mol. The number of aromatic nitrogens is 2. The quantitative estimate of drug-likeness (QED) is 0.525. The second kappa shape index (κ2) is 4.77. The lowest BCUT2D eigenvalue weighted by Gasteiger charge is -1.95. The highest BCUT2D eigenvalue weighted by Crippen LogP contribution is 2.18. The molecule has 84 valence electrons. The molecule has 0 spiro atoms. The topological polar surface area (TPSA) is 80.0 Å². The van der Waals surface area contributed by atoms with Gasteiger partial charge in [-0.2, -0.15) is 4.98 Å². The van der Waals surface area contributed by atoms with Crippen molar-refractivity contribution in [2.75, 3.05) is 6.54 Å². The van der Waals surface area contributed by atoms with Crippen LogP contribution in [0.4, 0.5) is 0 Å². The monoisotopic (exact) mass is 220 g/mol. The van der Waals surface area contributed by atoms with E-state index in [1.807, 2.05) is 0 Å². The number of hydrogen-bond acceptors (Lipinski definition) is 5. The maximum Gasteiger partial charge on any atom is 0.292 e. The first-order chi connectivity index (χ1) is 7.79. The molecule has 2 rings (SSSR count). The van der Waals surface area contributed by atoms with Crippen LogP contribution in [0.2, 0.25) is 0 Å². The molecule has 2 N–H and O–H groups in total. The van der Waals surface area contributed by atoms with Gasteiger partial charge in [0.15, 0.2) is 0 Å². The predicted molar refractivity (Wildman–Crippen MR) is 55.3 cm³/mol. The van der Waals surface area contributed by atoms with E-state index in [9.17, 15) is 4.79 Å². The maximum absolute atomic E-state index is 11.5. The Kier molecular flexibility index (Phi) is 3.17. The summed E-state index contributed by atoms with van der Waals surface area (Å²) >= 11 is 0. The number of terminal acetylenes is 1. The van der Waals surface area contributed by atoms with Crippen LogP contribution in [0.5, 0.6) is 0 Å². The fourth-order valence-electron chi connectivity index (χ4n) is 1.14. The number of nitrogens with one attached hydrogen (secondary N) is 2. The molecule has 1 fully saturated rings. The lowest BCUT2D eigenvalue weighted by molar-refractivity contribution is 0.0937. The third-order valence-corrected chi connectivity index (χ3v) is 2.09. The largest absolute Gasteiger partial charge is 0.346 e. The Hall–Kier alpha value is -1.87. The summed E-state index contributed by atoms with van der Waals surface area (Å²) in [6, 6.07) is 0.286. The van der Waals surface area contributed by atoms with Gasteiger partial charge in [-0.15, -0.1) is 6.42 Å². The van der Waals surface area contributed by atoms with Crippen LogP contribution in [0.1, 0.15) is 29.4 Å². The van der Waals surface area contributed by atoms with Gasteiger partial charge in [0.25, 0.3) is 11.7 Å². The molecule has 1 aliphatic carbocycles. The molecule has 0 aromatic carbocycles. The lowest BCUT2D eigenvalue weighted by atomic mass is 10.5. The Morgan fingerprint density at radius 3 is 3.12 bits per heavy atom. The summed E-state index contributed by atoms with van der Waals surface area (Å²) in [4.78, 5) is 15.4.